The van der Waals surface area contributed by atoms with Gasteiger partial charge in [0.15, 0.2) is 0 Å². The molecule has 0 aliphatic heterocycles. The highest BCUT2D eigenvalue weighted by molar-refractivity contribution is 5.84. The van der Waals surface area contributed by atoms with E-state index in [-0.39, 0.29) is 11.6 Å². The number of benzene rings is 1. The van der Waals surface area contributed by atoms with E-state index in [1.807, 2.05) is 24.4 Å². The van der Waals surface area contributed by atoms with Gasteiger partial charge in [-0.25, -0.2) is 5.43 Å². The maximum Gasteiger partial charge on any atom is 0.218 e. The van der Waals surface area contributed by atoms with Crippen molar-refractivity contribution in [3.8, 4) is 0 Å². The number of hydrazine groups is 1. The fourth-order valence-corrected chi connectivity index (χ4v) is 3.13. The van der Waals surface area contributed by atoms with Crippen LogP contribution in [0.4, 0.5) is 5.69 Å². The maximum atomic E-state index is 11.5. The third kappa shape index (κ3) is 3.36. The molecule has 0 radical (unpaired) electrons. The van der Waals surface area contributed by atoms with Crippen molar-refractivity contribution in [2.75, 3.05) is 5.43 Å². The van der Waals surface area contributed by atoms with Crippen molar-refractivity contribution < 1.29 is 4.79 Å². The lowest BCUT2D eigenvalue weighted by Gasteiger charge is -2.39. The summed E-state index contributed by atoms with van der Waals surface area (Å²) in [6.45, 7) is 1.57. The molecule has 116 valence electrons. The molecule has 1 aromatic carbocycles. The van der Waals surface area contributed by atoms with Crippen molar-refractivity contribution >= 4 is 22.4 Å². The average molecular weight is 298 g/mol. The minimum absolute atomic E-state index is 0.000728. The highest BCUT2D eigenvalue weighted by Crippen LogP contribution is 2.26. The summed E-state index contributed by atoms with van der Waals surface area (Å²) in [5.74, 6) is 0.000728. The molecule has 1 saturated carbocycles. The number of aromatic nitrogens is 1. The first-order valence-electron chi connectivity index (χ1n) is 7.83. The lowest BCUT2D eigenvalue weighted by atomic mass is 9.89. The van der Waals surface area contributed by atoms with Crippen molar-refractivity contribution in [1.82, 2.24) is 15.7 Å². The molecule has 0 bridgehead atoms. The molecule has 1 aromatic heterocycles. The molecule has 2 aromatic rings. The Hall–Kier alpha value is -2.14. The van der Waals surface area contributed by atoms with Gasteiger partial charge in [-0.1, -0.05) is 12.5 Å². The second-order valence-corrected chi connectivity index (χ2v) is 6.01. The van der Waals surface area contributed by atoms with Crippen LogP contribution in [0.25, 0.3) is 10.8 Å². The molecule has 1 aliphatic carbocycles. The predicted molar refractivity (Wildman–Crippen MR) is 88.1 cm³/mol. The van der Waals surface area contributed by atoms with Crippen LogP contribution in [-0.4, -0.2) is 16.6 Å². The van der Waals surface area contributed by atoms with Crippen LogP contribution in [-0.2, 0) is 4.79 Å². The predicted octanol–water partition coefficient (Wildman–Crippen LogP) is 2.95. The third-order valence-corrected chi connectivity index (χ3v) is 4.21. The number of nitrogens with one attached hydrogen (secondary N) is 3. The standard InChI is InChI=1S/C17H22N4O/c1-13(22)19-17(8-3-2-4-9-17)21-20-16-6-5-15-12-18-10-7-14(15)11-16/h5-7,10-12,20-21H,2-4,8-9H2,1H3,(H,19,22). The minimum atomic E-state index is -0.350. The van der Waals surface area contributed by atoms with E-state index in [9.17, 15) is 4.79 Å². The first kappa shape index (κ1) is 14.8. The summed E-state index contributed by atoms with van der Waals surface area (Å²) in [5.41, 5.74) is 7.25. The van der Waals surface area contributed by atoms with Crippen molar-refractivity contribution in [3.63, 3.8) is 0 Å². The van der Waals surface area contributed by atoms with Crippen LogP contribution < -0.4 is 16.2 Å². The van der Waals surface area contributed by atoms with Crippen molar-refractivity contribution in [2.45, 2.75) is 44.7 Å². The van der Waals surface area contributed by atoms with Crippen LogP contribution in [0, 0.1) is 0 Å². The molecule has 0 saturated heterocycles. The number of anilines is 1. The van der Waals surface area contributed by atoms with E-state index in [1.165, 1.54) is 6.42 Å². The van der Waals surface area contributed by atoms with Gasteiger partial charge >= 0.3 is 0 Å². The average Bonchev–Trinajstić information content (AvgIpc) is 2.53. The van der Waals surface area contributed by atoms with Crippen LogP contribution in [0.15, 0.2) is 36.7 Å². The van der Waals surface area contributed by atoms with Crippen LogP contribution >= 0.6 is 0 Å². The number of hydrogen-bond donors (Lipinski definition) is 3. The van der Waals surface area contributed by atoms with E-state index in [4.69, 9.17) is 0 Å². The molecule has 1 amide bonds. The van der Waals surface area contributed by atoms with E-state index < -0.39 is 0 Å². The molecular formula is C17H22N4O. The summed E-state index contributed by atoms with van der Waals surface area (Å²) in [6.07, 6.45) is 9.00. The van der Waals surface area contributed by atoms with Gasteiger partial charge in [-0.15, -0.1) is 0 Å². The molecule has 1 fully saturated rings. The minimum Gasteiger partial charge on any atom is -0.337 e. The Labute approximate surface area is 130 Å². The Kier molecular flexibility index (Phi) is 4.24. The Morgan fingerprint density at radius 1 is 1.14 bits per heavy atom. The van der Waals surface area contributed by atoms with Crippen molar-refractivity contribution in [2.24, 2.45) is 0 Å². The summed E-state index contributed by atoms with van der Waals surface area (Å²) in [6, 6.07) is 8.12. The number of pyridine rings is 1. The molecule has 3 N–H and O–H groups in total. The van der Waals surface area contributed by atoms with Crippen LogP contribution in [0.2, 0.25) is 0 Å². The monoisotopic (exact) mass is 298 g/mol. The molecule has 3 rings (SSSR count). The van der Waals surface area contributed by atoms with Gasteiger partial charge in [0.25, 0.3) is 0 Å². The normalized spacial score (nSPS) is 17.1. The van der Waals surface area contributed by atoms with Crippen molar-refractivity contribution in [1.29, 1.82) is 0 Å². The molecule has 1 aliphatic rings. The highest BCUT2D eigenvalue weighted by Gasteiger charge is 2.32. The Balaban J connectivity index is 1.73. The van der Waals surface area contributed by atoms with Crippen LogP contribution in [0.1, 0.15) is 39.0 Å². The van der Waals surface area contributed by atoms with Gasteiger partial charge in [0.1, 0.15) is 5.66 Å². The topological polar surface area (TPSA) is 66.1 Å². The zero-order valence-corrected chi connectivity index (χ0v) is 12.9. The summed E-state index contributed by atoms with van der Waals surface area (Å²) in [5, 5.41) is 5.33. The van der Waals surface area contributed by atoms with Gasteiger partial charge < -0.3 is 10.7 Å². The maximum absolute atomic E-state index is 11.5. The largest absolute Gasteiger partial charge is 0.337 e. The first-order chi connectivity index (χ1) is 10.7. The molecule has 22 heavy (non-hydrogen) atoms. The van der Waals surface area contributed by atoms with Gasteiger partial charge in [-0.2, -0.15) is 0 Å². The summed E-state index contributed by atoms with van der Waals surface area (Å²) in [4.78, 5) is 15.6. The summed E-state index contributed by atoms with van der Waals surface area (Å²) >= 11 is 0. The third-order valence-electron chi connectivity index (χ3n) is 4.21. The number of hydrogen-bond acceptors (Lipinski definition) is 4. The second kappa shape index (κ2) is 6.32. The SMILES string of the molecule is CC(=O)NC1(NNc2ccc3cnccc3c2)CCCCC1. The Morgan fingerprint density at radius 3 is 2.73 bits per heavy atom. The van der Waals surface area contributed by atoms with E-state index in [0.717, 1.165) is 42.1 Å². The molecule has 5 nitrogen and oxygen atoms in total. The number of carbonyl (C=O) groups excluding carboxylic acids is 1. The van der Waals surface area contributed by atoms with Crippen LogP contribution in [0.5, 0.6) is 0 Å². The molecule has 0 atom stereocenters. The number of amides is 1. The fraction of sp³-hybridized carbons (Fsp3) is 0.412. The smallest absolute Gasteiger partial charge is 0.218 e. The van der Waals surface area contributed by atoms with Gasteiger partial charge in [0, 0.05) is 30.4 Å². The second-order valence-electron chi connectivity index (χ2n) is 6.01. The van der Waals surface area contributed by atoms with Gasteiger partial charge in [-0.3, -0.25) is 9.78 Å². The highest BCUT2D eigenvalue weighted by atomic mass is 16.1. The summed E-state index contributed by atoms with van der Waals surface area (Å²) in [7, 11) is 0. The molecular weight excluding hydrogens is 276 g/mol. The van der Waals surface area contributed by atoms with Crippen LogP contribution in [0.3, 0.4) is 0 Å². The van der Waals surface area contributed by atoms with Gasteiger partial charge in [0.2, 0.25) is 5.91 Å². The molecule has 0 spiro atoms. The van der Waals surface area contributed by atoms with Gasteiger partial charge in [0.05, 0.1) is 0 Å². The van der Waals surface area contributed by atoms with E-state index in [2.05, 4.69) is 27.2 Å². The zero-order chi connectivity index (χ0) is 15.4. The molecule has 5 heteroatoms. The Morgan fingerprint density at radius 2 is 1.95 bits per heavy atom. The fourth-order valence-electron chi connectivity index (χ4n) is 3.13. The van der Waals surface area contributed by atoms with Gasteiger partial charge in [-0.05, 0) is 49.3 Å². The Bertz CT molecular complexity index is 665. The molecule has 1 heterocycles. The first-order valence-corrected chi connectivity index (χ1v) is 7.83. The number of nitrogens with zero attached hydrogens (tertiary/aromatic N) is 1. The zero-order valence-electron chi connectivity index (χ0n) is 12.9. The lowest BCUT2D eigenvalue weighted by molar-refractivity contribution is -0.121. The molecule has 0 unspecified atom stereocenters. The van der Waals surface area contributed by atoms with E-state index in [1.54, 1.807) is 13.1 Å². The number of rotatable bonds is 4. The summed E-state index contributed by atoms with van der Waals surface area (Å²) < 4.78 is 0. The van der Waals surface area contributed by atoms with Crippen molar-refractivity contribution in [3.05, 3.63) is 36.7 Å². The number of carbonyl (C=O) groups is 1. The number of fused-ring (bicyclic) bond motifs is 1. The quantitative estimate of drug-likeness (QED) is 0.600. The lowest BCUT2D eigenvalue weighted by Crippen LogP contribution is -2.61. The van der Waals surface area contributed by atoms with E-state index in [0.29, 0.717) is 0 Å². The van der Waals surface area contributed by atoms with E-state index >= 15 is 0 Å².